The highest BCUT2D eigenvalue weighted by molar-refractivity contribution is 7.80. The summed E-state index contributed by atoms with van der Waals surface area (Å²) < 4.78 is 0. The van der Waals surface area contributed by atoms with E-state index in [1.807, 2.05) is 0 Å². The van der Waals surface area contributed by atoms with Crippen molar-refractivity contribution in [1.29, 1.82) is 0 Å². The molecule has 0 radical (unpaired) electrons. The molecule has 1 aliphatic rings. The van der Waals surface area contributed by atoms with E-state index in [1.54, 1.807) is 12.4 Å². The van der Waals surface area contributed by atoms with Crippen LogP contribution in [-0.4, -0.2) is 21.0 Å². The molecule has 1 aromatic heterocycles. The van der Waals surface area contributed by atoms with Gasteiger partial charge in [0.25, 0.3) is 0 Å². The first kappa shape index (κ1) is 14.2. The van der Waals surface area contributed by atoms with E-state index in [2.05, 4.69) is 29.1 Å². The summed E-state index contributed by atoms with van der Waals surface area (Å²) in [7, 11) is 0. The molecule has 1 aliphatic carbocycles. The maximum Gasteiger partial charge on any atom is 0.155 e. The van der Waals surface area contributed by atoms with E-state index in [9.17, 15) is 0 Å². The molecule has 0 spiro atoms. The molecule has 0 aromatic carbocycles. The molecule has 4 nitrogen and oxygen atoms in total. The molecular formula is C14H22N4S. The predicted molar refractivity (Wildman–Crippen MR) is 82.1 cm³/mol. The minimum atomic E-state index is 0.299. The van der Waals surface area contributed by atoms with E-state index < -0.39 is 0 Å². The molecule has 2 unspecified atom stereocenters. The van der Waals surface area contributed by atoms with Gasteiger partial charge < -0.3 is 11.1 Å². The summed E-state index contributed by atoms with van der Waals surface area (Å²) in [5.74, 6) is 2.07. The van der Waals surface area contributed by atoms with E-state index in [1.165, 1.54) is 25.7 Å². The fraction of sp³-hybridized carbons (Fsp3) is 0.643. The van der Waals surface area contributed by atoms with Crippen LogP contribution in [0.25, 0.3) is 0 Å². The summed E-state index contributed by atoms with van der Waals surface area (Å²) in [5.41, 5.74) is 6.31. The largest absolute Gasteiger partial charge is 0.388 e. The van der Waals surface area contributed by atoms with Crippen molar-refractivity contribution in [2.75, 3.05) is 5.32 Å². The van der Waals surface area contributed by atoms with E-state index in [0.717, 1.165) is 5.82 Å². The molecule has 2 rings (SSSR count). The molecule has 1 fully saturated rings. The number of hydrogen-bond acceptors (Lipinski definition) is 4. The van der Waals surface area contributed by atoms with E-state index in [-0.39, 0.29) is 0 Å². The van der Waals surface area contributed by atoms with Crippen LogP contribution in [0, 0.1) is 11.8 Å². The van der Waals surface area contributed by atoms with Crippen molar-refractivity contribution in [2.24, 2.45) is 17.6 Å². The SMILES string of the molecule is CC(C)C1CCCCC1Nc1nccnc1C(N)=S. The molecule has 19 heavy (non-hydrogen) atoms. The van der Waals surface area contributed by atoms with Gasteiger partial charge in [-0.25, -0.2) is 9.97 Å². The second kappa shape index (κ2) is 6.28. The van der Waals surface area contributed by atoms with Gasteiger partial charge in [-0.05, 0) is 24.7 Å². The number of nitrogens with one attached hydrogen (secondary N) is 1. The van der Waals surface area contributed by atoms with Gasteiger partial charge in [-0.1, -0.05) is 38.9 Å². The summed E-state index contributed by atoms with van der Waals surface area (Å²) in [5, 5.41) is 3.52. The summed E-state index contributed by atoms with van der Waals surface area (Å²) in [4.78, 5) is 8.87. The van der Waals surface area contributed by atoms with Crippen molar-refractivity contribution >= 4 is 23.0 Å². The number of hydrogen-bond donors (Lipinski definition) is 2. The molecule has 1 heterocycles. The van der Waals surface area contributed by atoms with Crippen LogP contribution in [0.4, 0.5) is 5.82 Å². The van der Waals surface area contributed by atoms with Crippen molar-refractivity contribution in [3.8, 4) is 0 Å². The summed E-state index contributed by atoms with van der Waals surface area (Å²) >= 11 is 5.03. The highest BCUT2D eigenvalue weighted by Gasteiger charge is 2.28. The lowest BCUT2D eigenvalue weighted by Crippen LogP contribution is -2.36. The normalized spacial score (nSPS) is 23.3. The first-order chi connectivity index (χ1) is 9.09. The number of anilines is 1. The fourth-order valence-corrected chi connectivity index (χ4v) is 3.09. The third-order valence-electron chi connectivity index (χ3n) is 3.93. The molecule has 0 amide bonds. The van der Waals surface area contributed by atoms with Crippen LogP contribution in [0.5, 0.6) is 0 Å². The van der Waals surface area contributed by atoms with Gasteiger partial charge in [0.15, 0.2) is 5.82 Å². The highest BCUT2D eigenvalue weighted by Crippen LogP contribution is 2.32. The van der Waals surface area contributed by atoms with Gasteiger partial charge in [0.1, 0.15) is 10.7 Å². The van der Waals surface area contributed by atoms with E-state index >= 15 is 0 Å². The van der Waals surface area contributed by atoms with Gasteiger partial charge in [0.2, 0.25) is 0 Å². The molecule has 2 atom stereocenters. The van der Waals surface area contributed by atoms with Crippen molar-refractivity contribution in [2.45, 2.75) is 45.6 Å². The van der Waals surface area contributed by atoms with Crippen molar-refractivity contribution in [1.82, 2.24) is 9.97 Å². The van der Waals surface area contributed by atoms with Crippen LogP contribution in [-0.2, 0) is 0 Å². The number of thiocarbonyl (C=S) groups is 1. The van der Waals surface area contributed by atoms with E-state index in [0.29, 0.717) is 28.6 Å². The predicted octanol–water partition coefficient (Wildman–Crippen LogP) is 2.74. The summed E-state index contributed by atoms with van der Waals surface area (Å²) in [6, 6.07) is 0.443. The summed E-state index contributed by atoms with van der Waals surface area (Å²) in [6.07, 6.45) is 8.35. The zero-order valence-corrected chi connectivity index (χ0v) is 12.4. The average molecular weight is 278 g/mol. The first-order valence-electron chi connectivity index (χ1n) is 6.97. The maximum absolute atomic E-state index is 5.70. The minimum Gasteiger partial charge on any atom is -0.388 e. The lowest BCUT2D eigenvalue weighted by atomic mass is 9.78. The van der Waals surface area contributed by atoms with Gasteiger partial charge in [-0.3, -0.25) is 0 Å². The monoisotopic (exact) mass is 278 g/mol. The first-order valence-corrected chi connectivity index (χ1v) is 7.37. The van der Waals surface area contributed by atoms with Crippen LogP contribution in [0.15, 0.2) is 12.4 Å². The molecule has 1 aromatic rings. The maximum atomic E-state index is 5.70. The van der Waals surface area contributed by atoms with Crippen molar-refractivity contribution < 1.29 is 0 Å². The minimum absolute atomic E-state index is 0.299. The van der Waals surface area contributed by atoms with Gasteiger partial charge in [-0.15, -0.1) is 0 Å². The molecule has 104 valence electrons. The Balaban J connectivity index is 2.17. The van der Waals surface area contributed by atoms with Crippen LogP contribution >= 0.6 is 12.2 Å². The van der Waals surface area contributed by atoms with E-state index in [4.69, 9.17) is 18.0 Å². The van der Waals surface area contributed by atoms with Crippen LogP contribution in [0.3, 0.4) is 0 Å². The van der Waals surface area contributed by atoms with Crippen molar-refractivity contribution in [3.63, 3.8) is 0 Å². The van der Waals surface area contributed by atoms with Crippen molar-refractivity contribution in [3.05, 3.63) is 18.1 Å². The average Bonchev–Trinajstić information content (AvgIpc) is 2.39. The quantitative estimate of drug-likeness (QED) is 0.829. The van der Waals surface area contributed by atoms with Gasteiger partial charge in [0.05, 0.1) is 0 Å². The number of aromatic nitrogens is 2. The molecule has 1 saturated carbocycles. The number of rotatable bonds is 4. The topological polar surface area (TPSA) is 63.8 Å². The Morgan fingerprint density at radius 2 is 2.00 bits per heavy atom. The Morgan fingerprint density at radius 3 is 2.68 bits per heavy atom. The van der Waals surface area contributed by atoms with Crippen LogP contribution in [0.2, 0.25) is 0 Å². The summed E-state index contributed by atoms with van der Waals surface area (Å²) in [6.45, 7) is 4.58. The lowest BCUT2D eigenvalue weighted by molar-refractivity contribution is 0.253. The second-order valence-electron chi connectivity index (χ2n) is 5.56. The fourth-order valence-electron chi connectivity index (χ4n) is 2.94. The van der Waals surface area contributed by atoms with Gasteiger partial charge in [-0.2, -0.15) is 0 Å². The lowest BCUT2D eigenvalue weighted by Gasteiger charge is -2.35. The molecule has 5 heteroatoms. The number of nitrogens with zero attached hydrogens (tertiary/aromatic N) is 2. The Morgan fingerprint density at radius 1 is 1.32 bits per heavy atom. The molecule has 0 bridgehead atoms. The van der Waals surface area contributed by atoms with Crippen LogP contribution < -0.4 is 11.1 Å². The third-order valence-corrected chi connectivity index (χ3v) is 4.12. The Labute approximate surface area is 120 Å². The Kier molecular flexibility index (Phi) is 4.69. The molecule has 0 saturated heterocycles. The second-order valence-corrected chi connectivity index (χ2v) is 6.00. The van der Waals surface area contributed by atoms with Gasteiger partial charge >= 0.3 is 0 Å². The highest BCUT2D eigenvalue weighted by atomic mass is 32.1. The molecule has 0 aliphatic heterocycles. The zero-order valence-electron chi connectivity index (χ0n) is 11.6. The molecular weight excluding hydrogens is 256 g/mol. The smallest absolute Gasteiger partial charge is 0.155 e. The van der Waals surface area contributed by atoms with Gasteiger partial charge in [0, 0.05) is 18.4 Å². The number of nitrogens with two attached hydrogens (primary N) is 1. The molecule has 3 N–H and O–H groups in total. The Hall–Kier alpha value is -1.23. The standard InChI is InChI=1S/C14H22N4S/c1-9(2)10-5-3-4-6-11(10)18-14-12(13(15)19)16-7-8-17-14/h7-11H,3-6H2,1-2H3,(H2,15,19)(H,17,18). The zero-order chi connectivity index (χ0) is 13.8. The van der Waals surface area contributed by atoms with Crippen LogP contribution in [0.1, 0.15) is 45.2 Å². The third kappa shape index (κ3) is 3.41. The Bertz CT molecular complexity index is 447.